The van der Waals surface area contributed by atoms with Crippen LogP contribution in [0.1, 0.15) is 21.6 Å². The SMILES string of the molecule is O=C1/C(=C/c2cn3ccccc3n2)Cc2ccccc21. The van der Waals surface area contributed by atoms with Crippen molar-refractivity contribution < 1.29 is 4.79 Å². The summed E-state index contributed by atoms with van der Waals surface area (Å²) in [7, 11) is 0. The lowest BCUT2D eigenvalue weighted by Gasteiger charge is -1.92. The molecule has 3 nitrogen and oxygen atoms in total. The summed E-state index contributed by atoms with van der Waals surface area (Å²) in [5.74, 6) is 0.123. The average Bonchev–Trinajstić information content (AvgIpc) is 3.01. The molecule has 4 rings (SSSR count). The molecule has 0 atom stereocenters. The Morgan fingerprint density at radius 1 is 1.10 bits per heavy atom. The number of aromatic nitrogens is 2. The van der Waals surface area contributed by atoms with Crippen molar-refractivity contribution in [3.05, 3.63) is 77.3 Å². The Morgan fingerprint density at radius 3 is 2.80 bits per heavy atom. The number of carbonyl (C=O) groups is 1. The second-order valence-corrected chi connectivity index (χ2v) is 4.96. The number of allylic oxidation sites excluding steroid dienone is 1. The highest BCUT2D eigenvalue weighted by Gasteiger charge is 2.24. The smallest absolute Gasteiger partial charge is 0.189 e. The van der Waals surface area contributed by atoms with Gasteiger partial charge >= 0.3 is 0 Å². The van der Waals surface area contributed by atoms with E-state index in [1.54, 1.807) is 0 Å². The quantitative estimate of drug-likeness (QED) is 0.630. The number of nitrogens with zero attached hydrogens (tertiary/aromatic N) is 2. The Kier molecular flexibility index (Phi) is 2.33. The maximum atomic E-state index is 12.3. The number of imidazole rings is 1. The predicted molar refractivity (Wildman–Crippen MR) is 77.6 cm³/mol. The van der Waals surface area contributed by atoms with Gasteiger partial charge in [-0.25, -0.2) is 4.98 Å². The van der Waals surface area contributed by atoms with Crippen LogP contribution in [0.5, 0.6) is 0 Å². The van der Waals surface area contributed by atoms with Crippen LogP contribution in [0, 0.1) is 0 Å². The standard InChI is InChI=1S/C17H12N2O/c20-17-13(9-12-5-1-2-6-15(12)17)10-14-11-19-8-4-3-7-16(19)18-14/h1-8,10-11H,9H2/b13-10+. The minimum Gasteiger partial charge on any atom is -0.306 e. The zero-order chi connectivity index (χ0) is 13.5. The molecule has 0 amide bonds. The summed E-state index contributed by atoms with van der Waals surface area (Å²) in [6, 6.07) is 13.6. The molecule has 1 aliphatic carbocycles. The van der Waals surface area contributed by atoms with Gasteiger partial charge in [-0.05, 0) is 23.8 Å². The predicted octanol–water partition coefficient (Wildman–Crippen LogP) is 3.16. The maximum Gasteiger partial charge on any atom is 0.189 e. The van der Waals surface area contributed by atoms with Gasteiger partial charge in [0, 0.05) is 30.0 Å². The molecule has 3 heteroatoms. The fourth-order valence-electron chi connectivity index (χ4n) is 2.67. The third kappa shape index (κ3) is 1.67. The number of carbonyl (C=O) groups excluding carboxylic acids is 1. The minimum atomic E-state index is 0.123. The van der Waals surface area contributed by atoms with Crippen molar-refractivity contribution in [2.24, 2.45) is 0 Å². The third-order valence-corrected chi connectivity index (χ3v) is 3.64. The summed E-state index contributed by atoms with van der Waals surface area (Å²) < 4.78 is 1.96. The van der Waals surface area contributed by atoms with Crippen molar-refractivity contribution in [3.63, 3.8) is 0 Å². The fraction of sp³-hybridized carbons (Fsp3) is 0.0588. The van der Waals surface area contributed by atoms with E-state index in [9.17, 15) is 4.79 Å². The van der Waals surface area contributed by atoms with Crippen LogP contribution in [-0.4, -0.2) is 15.2 Å². The topological polar surface area (TPSA) is 34.4 Å². The van der Waals surface area contributed by atoms with Gasteiger partial charge in [-0.3, -0.25) is 4.79 Å². The minimum absolute atomic E-state index is 0.123. The summed E-state index contributed by atoms with van der Waals surface area (Å²) in [6.07, 6.45) is 6.49. The molecular weight excluding hydrogens is 248 g/mol. The summed E-state index contributed by atoms with van der Waals surface area (Å²) in [6.45, 7) is 0. The second-order valence-electron chi connectivity index (χ2n) is 4.96. The Hall–Kier alpha value is -2.68. The first-order valence-electron chi connectivity index (χ1n) is 6.58. The van der Waals surface area contributed by atoms with Crippen LogP contribution >= 0.6 is 0 Å². The molecule has 0 radical (unpaired) electrons. The number of benzene rings is 1. The van der Waals surface area contributed by atoms with Gasteiger partial charge in [0.05, 0.1) is 5.69 Å². The summed E-state index contributed by atoms with van der Waals surface area (Å²) in [5, 5.41) is 0. The Balaban J connectivity index is 1.77. The van der Waals surface area contributed by atoms with Crippen molar-refractivity contribution in [2.75, 3.05) is 0 Å². The molecule has 1 aliphatic rings. The van der Waals surface area contributed by atoms with E-state index in [1.165, 1.54) is 0 Å². The number of Topliss-reactive ketones (excluding diaryl/α,β-unsaturated/α-hetero) is 1. The molecule has 2 heterocycles. The molecular formula is C17H12N2O. The van der Waals surface area contributed by atoms with Crippen LogP contribution < -0.4 is 0 Å². The van der Waals surface area contributed by atoms with Gasteiger partial charge in [-0.15, -0.1) is 0 Å². The highest BCUT2D eigenvalue weighted by Crippen LogP contribution is 2.27. The molecule has 0 unspecified atom stereocenters. The van der Waals surface area contributed by atoms with Crippen LogP contribution in [0.4, 0.5) is 0 Å². The molecule has 0 saturated carbocycles. The highest BCUT2D eigenvalue weighted by molar-refractivity contribution is 6.15. The molecule has 0 bridgehead atoms. The Morgan fingerprint density at radius 2 is 1.95 bits per heavy atom. The van der Waals surface area contributed by atoms with E-state index in [4.69, 9.17) is 0 Å². The molecule has 0 spiro atoms. The van der Waals surface area contributed by atoms with E-state index in [0.717, 1.165) is 28.0 Å². The van der Waals surface area contributed by atoms with Gasteiger partial charge in [0.25, 0.3) is 0 Å². The first-order valence-corrected chi connectivity index (χ1v) is 6.58. The van der Waals surface area contributed by atoms with Crippen molar-refractivity contribution in [1.82, 2.24) is 9.38 Å². The van der Waals surface area contributed by atoms with Crippen molar-refractivity contribution in [2.45, 2.75) is 6.42 Å². The lowest BCUT2D eigenvalue weighted by molar-refractivity contribution is 0.104. The number of ketones is 1. The molecule has 0 saturated heterocycles. The van der Waals surface area contributed by atoms with Crippen LogP contribution in [-0.2, 0) is 6.42 Å². The van der Waals surface area contributed by atoms with E-state index in [2.05, 4.69) is 4.98 Å². The number of hydrogen-bond donors (Lipinski definition) is 0. The lowest BCUT2D eigenvalue weighted by atomic mass is 10.1. The first kappa shape index (κ1) is 11.2. The van der Waals surface area contributed by atoms with Crippen molar-refractivity contribution in [3.8, 4) is 0 Å². The number of hydrogen-bond acceptors (Lipinski definition) is 2. The third-order valence-electron chi connectivity index (χ3n) is 3.64. The van der Waals surface area contributed by atoms with Gasteiger partial charge in [0.1, 0.15) is 5.65 Å². The van der Waals surface area contributed by atoms with Gasteiger partial charge in [-0.1, -0.05) is 30.3 Å². The zero-order valence-corrected chi connectivity index (χ0v) is 10.8. The van der Waals surface area contributed by atoms with Crippen molar-refractivity contribution in [1.29, 1.82) is 0 Å². The molecule has 20 heavy (non-hydrogen) atoms. The average molecular weight is 260 g/mol. The van der Waals surface area contributed by atoms with E-state index in [-0.39, 0.29) is 5.78 Å². The lowest BCUT2D eigenvalue weighted by Crippen LogP contribution is -1.94. The second kappa shape index (κ2) is 4.17. The fourth-order valence-corrected chi connectivity index (χ4v) is 2.67. The van der Waals surface area contributed by atoms with E-state index in [1.807, 2.05) is 65.3 Å². The first-order chi connectivity index (χ1) is 9.81. The van der Waals surface area contributed by atoms with Crippen LogP contribution in [0.3, 0.4) is 0 Å². The van der Waals surface area contributed by atoms with E-state index in [0.29, 0.717) is 6.42 Å². The molecule has 96 valence electrons. The van der Waals surface area contributed by atoms with Gasteiger partial charge in [0.15, 0.2) is 5.78 Å². The molecule has 0 fully saturated rings. The molecule has 3 aromatic rings. The Labute approximate surface area is 116 Å². The van der Waals surface area contributed by atoms with E-state index >= 15 is 0 Å². The normalized spacial score (nSPS) is 16.0. The molecule has 2 aromatic heterocycles. The number of fused-ring (bicyclic) bond motifs is 2. The highest BCUT2D eigenvalue weighted by atomic mass is 16.1. The van der Waals surface area contributed by atoms with Gasteiger partial charge < -0.3 is 4.40 Å². The van der Waals surface area contributed by atoms with Crippen LogP contribution in [0.15, 0.2) is 60.4 Å². The van der Waals surface area contributed by atoms with Gasteiger partial charge in [0.2, 0.25) is 0 Å². The largest absolute Gasteiger partial charge is 0.306 e. The maximum absolute atomic E-state index is 12.3. The van der Waals surface area contributed by atoms with Crippen molar-refractivity contribution >= 4 is 17.5 Å². The van der Waals surface area contributed by atoms with Crippen LogP contribution in [0.2, 0.25) is 0 Å². The Bertz CT molecular complexity index is 825. The molecule has 0 N–H and O–H groups in total. The van der Waals surface area contributed by atoms with Crippen LogP contribution in [0.25, 0.3) is 11.7 Å². The summed E-state index contributed by atoms with van der Waals surface area (Å²) in [4.78, 5) is 16.8. The van der Waals surface area contributed by atoms with Gasteiger partial charge in [-0.2, -0.15) is 0 Å². The molecule has 0 aliphatic heterocycles. The monoisotopic (exact) mass is 260 g/mol. The number of rotatable bonds is 1. The zero-order valence-electron chi connectivity index (χ0n) is 10.8. The summed E-state index contributed by atoms with van der Waals surface area (Å²) >= 11 is 0. The summed E-state index contributed by atoms with van der Waals surface area (Å²) in [5.41, 5.74) is 4.46. The van der Waals surface area contributed by atoms with E-state index < -0.39 is 0 Å². The molecule has 1 aromatic carbocycles. The number of pyridine rings is 1.